The van der Waals surface area contributed by atoms with Gasteiger partial charge in [0.2, 0.25) is 0 Å². The molecule has 0 spiro atoms. The van der Waals surface area contributed by atoms with E-state index in [1.54, 1.807) is 0 Å². The van der Waals surface area contributed by atoms with Crippen molar-refractivity contribution in [2.24, 2.45) is 17.8 Å². The molecule has 1 heteroatoms. The van der Waals surface area contributed by atoms with Gasteiger partial charge in [-0.05, 0) is 43.9 Å². The van der Waals surface area contributed by atoms with Crippen molar-refractivity contribution in [3.63, 3.8) is 0 Å². The zero-order valence-corrected chi connectivity index (χ0v) is 10.5. The monoisotopic (exact) mass is 210 g/mol. The fourth-order valence-electron chi connectivity index (χ4n) is 2.67. The van der Waals surface area contributed by atoms with Crippen LogP contribution in [-0.4, -0.2) is 11.2 Å². The molecule has 0 aromatic rings. The molecule has 1 saturated carbocycles. The Morgan fingerprint density at radius 2 is 2.07 bits per heavy atom. The van der Waals surface area contributed by atoms with Gasteiger partial charge >= 0.3 is 0 Å². The normalized spacial score (nSPS) is 30.9. The van der Waals surface area contributed by atoms with E-state index in [2.05, 4.69) is 27.4 Å². The number of aliphatic hydroxyl groups is 1. The lowest BCUT2D eigenvalue weighted by Crippen LogP contribution is -2.25. The third-order valence-corrected chi connectivity index (χ3v) is 4.06. The summed E-state index contributed by atoms with van der Waals surface area (Å²) in [6.45, 7) is 10.7. The Morgan fingerprint density at radius 1 is 1.40 bits per heavy atom. The predicted molar refractivity (Wildman–Crippen MR) is 65.7 cm³/mol. The minimum atomic E-state index is -0.0358. The SMILES string of the molecule is C=C(C)C(C)CC(C)C1CCCC(O)C1. The van der Waals surface area contributed by atoms with Crippen molar-refractivity contribution in [1.29, 1.82) is 0 Å². The molecule has 0 radical (unpaired) electrons. The molecule has 1 aliphatic carbocycles. The van der Waals surface area contributed by atoms with Gasteiger partial charge in [-0.2, -0.15) is 0 Å². The molecule has 0 aromatic carbocycles. The van der Waals surface area contributed by atoms with Crippen LogP contribution in [0, 0.1) is 17.8 Å². The molecule has 15 heavy (non-hydrogen) atoms. The molecule has 0 bridgehead atoms. The summed E-state index contributed by atoms with van der Waals surface area (Å²) in [6.07, 6.45) is 5.74. The standard InChI is InChI=1S/C14H26O/c1-10(2)11(3)8-12(4)13-6-5-7-14(15)9-13/h11-15H,1,5-9H2,2-4H3. The first-order valence-corrected chi connectivity index (χ1v) is 6.34. The van der Waals surface area contributed by atoms with Gasteiger partial charge in [-0.15, -0.1) is 0 Å². The second kappa shape index (κ2) is 5.69. The van der Waals surface area contributed by atoms with E-state index in [9.17, 15) is 5.11 Å². The Hall–Kier alpha value is -0.300. The maximum absolute atomic E-state index is 9.65. The van der Waals surface area contributed by atoms with Crippen molar-refractivity contribution >= 4 is 0 Å². The number of hydrogen-bond donors (Lipinski definition) is 1. The molecule has 4 atom stereocenters. The van der Waals surface area contributed by atoms with Gasteiger partial charge in [0, 0.05) is 0 Å². The highest BCUT2D eigenvalue weighted by atomic mass is 16.3. The summed E-state index contributed by atoms with van der Waals surface area (Å²) in [6, 6.07) is 0. The van der Waals surface area contributed by atoms with Crippen LogP contribution in [0.5, 0.6) is 0 Å². The van der Waals surface area contributed by atoms with E-state index >= 15 is 0 Å². The van der Waals surface area contributed by atoms with Gasteiger partial charge in [0.25, 0.3) is 0 Å². The first-order valence-electron chi connectivity index (χ1n) is 6.34. The molecular weight excluding hydrogens is 184 g/mol. The second-order valence-electron chi connectivity index (χ2n) is 5.54. The van der Waals surface area contributed by atoms with Gasteiger partial charge in [0.1, 0.15) is 0 Å². The summed E-state index contributed by atoms with van der Waals surface area (Å²) in [4.78, 5) is 0. The number of rotatable bonds is 4. The second-order valence-corrected chi connectivity index (χ2v) is 5.54. The van der Waals surface area contributed by atoms with Crippen LogP contribution in [0.15, 0.2) is 12.2 Å². The Labute approximate surface area is 94.6 Å². The van der Waals surface area contributed by atoms with Gasteiger partial charge in [0.15, 0.2) is 0 Å². The Kier molecular flexibility index (Phi) is 4.85. The number of hydrogen-bond acceptors (Lipinski definition) is 1. The fourth-order valence-corrected chi connectivity index (χ4v) is 2.67. The van der Waals surface area contributed by atoms with Gasteiger partial charge < -0.3 is 5.11 Å². The topological polar surface area (TPSA) is 20.2 Å². The van der Waals surface area contributed by atoms with Crippen LogP contribution >= 0.6 is 0 Å². The summed E-state index contributed by atoms with van der Waals surface area (Å²) in [5.74, 6) is 2.08. The lowest BCUT2D eigenvalue weighted by molar-refractivity contribution is 0.0788. The number of allylic oxidation sites excluding steroid dienone is 1. The largest absolute Gasteiger partial charge is 0.393 e. The van der Waals surface area contributed by atoms with E-state index in [1.165, 1.54) is 24.8 Å². The molecule has 1 aliphatic rings. The van der Waals surface area contributed by atoms with Crippen molar-refractivity contribution in [3.8, 4) is 0 Å². The fraction of sp³-hybridized carbons (Fsp3) is 0.857. The third kappa shape index (κ3) is 3.98. The van der Waals surface area contributed by atoms with Crippen LogP contribution < -0.4 is 0 Å². The molecular formula is C14H26O. The van der Waals surface area contributed by atoms with Crippen molar-refractivity contribution in [2.75, 3.05) is 0 Å². The van der Waals surface area contributed by atoms with Crippen LogP contribution in [-0.2, 0) is 0 Å². The highest BCUT2D eigenvalue weighted by molar-refractivity contribution is 4.94. The summed E-state index contributed by atoms with van der Waals surface area (Å²) in [5.41, 5.74) is 1.29. The van der Waals surface area contributed by atoms with E-state index in [0.29, 0.717) is 5.92 Å². The van der Waals surface area contributed by atoms with E-state index < -0.39 is 0 Å². The average Bonchev–Trinajstić information content (AvgIpc) is 2.17. The molecule has 1 N–H and O–H groups in total. The van der Waals surface area contributed by atoms with Gasteiger partial charge in [-0.25, -0.2) is 0 Å². The summed E-state index contributed by atoms with van der Waals surface area (Å²) < 4.78 is 0. The van der Waals surface area contributed by atoms with Crippen molar-refractivity contribution in [1.82, 2.24) is 0 Å². The molecule has 4 unspecified atom stereocenters. The molecule has 1 nitrogen and oxygen atoms in total. The quantitative estimate of drug-likeness (QED) is 0.700. The molecule has 0 amide bonds. The maximum atomic E-state index is 9.65. The van der Waals surface area contributed by atoms with Crippen LogP contribution in [0.4, 0.5) is 0 Å². The highest BCUT2D eigenvalue weighted by Crippen LogP contribution is 2.34. The van der Waals surface area contributed by atoms with Crippen molar-refractivity contribution < 1.29 is 5.11 Å². The molecule has 0 aliphatic heterocycles. The zero-order valence-electron chi connectivity index (χ0n) is 10.5. The Bertz CT molecular complexity index is 209. The van der Waals surface area contributed by atoms with Crippen molar-refractivity contribution in [3.05, 3.63) is 12.2 Å². The van der Waals surface area contributed by atoms with Crippen LogP contribution in [0.1, 0.15) is 52.9 Å². The molecule has 1 fully saturated rings. The zero-order chi connectivity index (χ0) is 11.4. The molecule has 0 heterocycles. The van der Waals surface area contributed by atoms with Crippen molar-refractivity contribution in [2.45, 2.75) is 59.0 Å². The van der Waals surface area contributed by atoms with Gasteiger partial charge in [-0.1, -0.05) is 38.8 Å². The Balaban J connectivity index is 2.38. The molecule has 0 aromatic heterocycles. The first-order chi connectivity index (χ1) is 7.00. The van der Waals surface area contributed by atoms with E-state index in [4.69, 9.17) is 0 Å². The molecule has 0 saturated heterocycles. The van der Waals surface area contributed by atoms with E-state index in [1.807, 2.05) is 0 Å². The molecule has 88 valence electrons. The smallest absolute Gasteiger partial charge is 0.0543 e. The highest BCUT2D eigenvalue weighted by Gasteiger charge is 2.25. The van der Waals surface area contributed by atoms with E-state index in [0.717, 1.165) is 24.7 Å². The summed E-state index contributed by atoms with van der Waals surface area (Å²) in [7, 11) is 0. The van der Waals surface area contributed by atoms with Crippen LogP contribution in [0.2, 0.25) is 0 Å². The number of aliphatic hydroxyl groups excluding tert-OH is 1. The third-order valence-electron chi connectivity index (χ3n) is 4.06. The molecule has 1 rings (SSSR count). The van der Waals surface area contributed by atoms with Gasteiger partial charge in [0.05, 0.1) is 6.10 Å². The minimum Gasteiger partial charge on any atom is -0.393 e. The summed E-state index contributed by atoms with van der Waals surface area (Å²) in [5, 5.41) is 9.65. The van der Waals surface area contributed by atoms with Crippen LogP contribution in [0.3, 0.4) is 0 Å². The maximum Gasteiger partial charge on any atom is 0.0543 e. The predicted octanol–water partition coefficient (Wildman–Crippen LogP) is 3.78. The average molecular weight is 210 g/mol. The minimum absolute atomic E-state index is 0.0358. The lowest BCUT2D eigenvalue weighted by atomic mass is 9.76. The summed E-state index contributed by atoms with van der Waals surface area (Å²) >= 11 is 0. The van der Waals surface area contributed by atoms with Gasteiger partial charge in [-0.3, -0.25) is 0 Å². The lowest BCUT2D eigenvalue weighted by Gasteiger charge is -2.32. The van der Waals surface area contributed by atoms with E-state index in [-0.39, 0.29) is 6.10 Å². The van der Waals surface area contributed by atoms with Crippen LogP contribution in [0.25, 0.3) is 0 Å². The first kappa shape index (κ1) is 12.8. The Morgan fingerprint density at radius 3 is 2.60 bits per heavy atom.